The molecule has 0 unspecified atom stereocenters. The van der Waals surface area contributed by atoms with Crippen LogP contribution < -0.4 is 4.90 Å². The minimum absolute atomic E-state index is 0.144. The molecule has 3 aromatic rings. The SMILES string of the molecule is Cc1noc(C)c1CN(C(=O)c1cc(S(=O)(=O)N2CCCC2)cn1C)c1ccccc1. The second-order valence-electron chi connectivity index (χ2n) is 7.81. The van der Waals surface area contributed by atoms with Gasteiger partial charge in [0, 0.05) is 37.6 Å². The molecule has 0 radical (unpaired) electrons. The highest BCUT2D eigenvalue weighted by Crippen LogP contribution is 2.26. The maximum absolute atomic E-state index is 13.6. The number of carbonyl (C=O) groups is 1. The molecule has 1 aliphatic heterocycles. The summed E-state index contributed by atoms with van der Waals surface area (Å²) >= 11 is 0. The molecule has 0 spiro atoms. The number of sulfonamides is 1. The molecule has 9 heteroatoms. The first-order valence-electron chi connectivity index (χ1n) is 10.2. The number of hydrogen-bond acceptors (Lipinski definition) is 5. The summed E-state index contributed by atoms with van der Waals surface area (Å²) in [6, 6.07) is 10.8. The van der Waals surface area contributed by atoms with Crippen LogP contribution in [0, 0.1) is 13.8 Å². The third kappa shape index (κ3) is 4.03. The number of anilines is 1. The molecule has 164 valence electrons. The Morgan fingerprint density at radius 3 is 2.45 bits per heavy atom. The highest BCUT2D eigenvalue weighted by Gasteiger charge is 2.31. The lowest BCUT2D eigenvalue weighted by atomic mass is 10.1. The van der Waals surface area contributed by atoms with E-state index in [0.29, 0.717) is 30.2 Å². The van der Waals surface area contributed by atoms with Crippen molar-refractivity contribution in [3.63, 3.8) is 0 Å². The molecule has 1 saturated heterocycles. The first kappa shape index (κ1) is 21.3. The Kier molecular flexibility index (Phi) is 5.72. The Bertz CT molecular complexity index is 1170. The van der Waals surface area contributed by atoms with E-state index >= 15 is 0 Å². The number of rotatable bonds is 6. The van der Waals surface area contributed by atoms with E-state index in [1.165, 1.54) is 16.6 Å². The van der Waals surface area contributed by atoms with Crippen LogP contribution >= 0.6 is 0 Å². The van der Waals surface area contributed by atoms with Crippen molar-refractivity contribution >= 4 is 21.6 Å². The van der Waals surface area contributed by atoms with E-state index in [9.17, 15) is 13.2 Å². The van der Waals surface area contributed by atoms with Gasteiger partial charge in [0.05, 0.1) is 12.2 Å². The molecule has 0 aliphatic carbocycles. The second kappa shape index (κ2) is 8.32. The number of carbonyl (C=O) groups excluding carboxylic acids is 1. The van der Waals surface area contributed by atoms with E-state index < -0.39 is 10.0 Å². The average molecular weight is 443 g/mol. The van der Waals surface area contributed by atoms with Crippen molar-refractivity contribution in [1.29, 1.82) is 0 Å². The molecule has 1 aromatic carbocycles. The van der Waals surface area contributed by atoms with Gasteiger partial charge in [0.15, 0.2) is 0 Å². The van der Waals surface area contributed by atoms with Gasteiger partial charge in [-0.1, -0.05) is 23.4 Å². The summed E-state index contributed by atoms with van der Waals surface area (Å²) < 4.78 is 34.3. The van der Waals surface area contributed by atoms with Gasteiger partial charge in [0.25, 0.3) is 5.91 Å². The zero-order chi connectivity index (χ0) is 22.2. The Balaban J connectivity index is 1.71. The third-order valence-corrected chi connectivity index (χ3v) is 7.58. The highest BCUT2D eigenvalue weighted by atomic mass is 32.2. The topological polar surface area (TPSA) is 88.7 Å². The van der Waals surface area contributed by atoms with Gasteiger partial charge in [-0.15, -0.1) is 0 Å². The molecule has 0 saturated carbocycles. The first-order valence-corrected chi connectivity index (χ1v) is 11.7. The number of benzene rings is 1. The molecule has 0 N–H and O–H groups in total. The molecular formula is C22H26N4O4S. The second-order valence-corrected chi connectivity index (χ2v) is 9.75. The van der Waals surface area contributed by atoms with Gasteiger partial charge in [0.1, 0.15) is 16.3 Å². The van der Waals surface area contributed by atoms with Crippen LogP contribution in [0.1, 0.15) is 40.3 Å². The van der Waals surface area contributed by atoms with Gasteiger partial charge in [-0.25, -0.2) is 8.42 Å². The minimum Gasteiger partial charge on any atom is -0.361 e. The van der Waals surface area contributed by atoms with E-state index in [1.54, 1.807) is 16.5 Å². The van der Waals surface area contributed by atoms with Gasteiger partial charge in [-0.3, -0.25) is 4.79 Å². The first-order chi connectivity index (χ1) is 14.8. The zero-order valence-corrected chi connectivity index (χ0v) is 18.7. The monoisotopic (exact) mass is 442 g/mol. The Morgan fingerprint density at radius 1 is 1.16 bits per heavy atom. The van der Waals surface area contributed by atoms with Crippen LogP contribution in [0.4, 0.5) is 5.69 Å². The summed E-state index contributed by atoms with van der Waals surface area (Å²) in [5.41, 5.74) is 2.55. The Morgan fingerprint density at radius 2 is 1.84 bits per heavy atom. The average Bonchev–Trinajstić information content (AvgIpc) is 3.49. The number of aromatic nitrogens is 2. The number of hydrogen-bond donors (Lipinski definition) is 0. The summed E-state index contributed by atoms with van der Waals surface area (Å²) in [7, 11) is -1.92. The van der Waals surface area contributed by atoms with Crippen molar-refractivity contribution in [3.8, 4) is 0 Å². The van der Waals surface area contributed by atoms with Crippen molar-refractivity contribution in [3.05, 3.63) is 65.3 Å². The number of para-hydroxylation sites is 1. The standard InChI is InChI=1S/C22H26N4O4S/c1-16-20(17(2)30-23-16)15-26(18-9-5-4-6-10-18)22(27)21-13-19(14-24(21)3)31(28,29)25-11-7-8-12-25/h4-6,9-10,13-14H,7-8,11-12,15H2,1-3H3. The van der Waals surface area contributed by atoms with Crippen molar-refractivity contribution < 1.29 is 17.7 Å². The summed E-state index contributed by atoms with van der Waals surface area (Å²) in [5.74, 6) is 0.354. The summed E-state index contributed by atoms with van der Waals surface area (Å²) in [6.45, 7) is 4.95. The van der Waals surface area contributed by atoms with Gasteiger partial charge >= 0.3 is 0 Å². The van der Waals surface area contributed by atoms with E-state index in [0.717, 1.165) is 24.1 Å². The fourth-order valence-corrected chi connectivity index (χ4v) is 5.47. The summed E-state index contributed by atoms with van der Waals surface area (Å²) in [5, 5.41) is 3.99. The lowest BCUT2D eigenvalue weighted by Gasteiger charge is -2.23. The highest BCUT2D eigenvalue weighted by molar-refractivity contribution is 7.89. The Labute approximate surface area is 182 Å². The predicted molar refractivity (Wildman–Crippen MR) is 116 cm³/mol. The van der Waals surface area contributed by atoms with Crippen LogP contribution in [0.25, 0.3) is 0 Å². The van der Waals surface area contributed by atoms with Crippen LogP contribution in [0.15, 0.2) is 52.0 Å². The molecule has 0 atom stereocenters. The van der Waals surface area contributed by atoms with Gasteiger partial charge in [-0.2, -0.15) is 4.31 Å². The van der Waals surface area contributed by atoms with Crippen LogP contribution in [-0.2, 0) is 23.6 Å². The van der Waals surface area contributed by atoms with Crippen molar-refractivity contribution in [2.45, 2.75) is 38.1 Å². The molecule has 1 amide bonds. The fourth-order valence-electron chi connectivity index (χ4n) is 3.88. The molecular weight excluding hydrogens is 416 g/mol. The maximum atomic E-state index is 13.6. The maximum Gasteiger partial charge on any atom is 0.275 e. The third-order valence-electron chi connectivity index (χ3n) is 5.71. The van der Waals surface area contributed by atoms with Gasteiger partial charge in [0.2, 0.25) is 10.0 Å². The molecule has 1 fully saturated rings. The lowest BCUT2D eigenvalue weighted by Crippen LogP contribution is -2.32. The van der Waals surface area contributed by atoms with E-state index in [-0.39, 0.29) is 17.3 Å². The fraction of sp³-hybridized carbons (Fsp3) is 0.364. The van der Waals surface area contributed by atoms with Crippen LogP contribution in [0.5, 0.6) is 0 Å². The molecule has 2 aromatic heterocycles. The Hall–Kier alpha value is -2.91. The van der Waals surface area contributed by atoms with E-state index in [4.69, 9.17) is 4.52 Å². The van der Waals surface area contributed by atoms with Crippen LogP contribution in [-0.4, -0.2) is 41.4 Å². The molecule has 31 heavy (non-hydrogen) atoms. The smallest absolute Gasteiger partial charge is 0.275 e. The summed E-state index contributed by atoms with van der Waals surface area (Å²) in [6.07, 6.45) is 3.23. The largest absolute Gasteiger partial charge is 0.361 e. The van der Waals surface area contributed by atoms with E-state index in [1.807, 2.05) is 44.2 Å². The minimum atomic E-state index is -3.61. The van der Waals surface area contributed by atoms with Crippen molar-refractivity contribution in [2.24, 2.45) is 7.05 Å². The molecule has 1 aliphatic rings. The normalized spacial score (nSPS) is 14.8. The number of aryl methyl sites for hydroxylation is 3. The summed E-state index contributed by atoms with van der Waals surface area (Å²) in [4.78, 5) is 15.4. The number of amides is 1. The number of nitrogens with zero attached hydrogens (tertiary/aromatic N) is 4. The molecule has 3 heterocycles. The van der Waals surface area contributed by atoms with E-state index in [2.05, 4.69) is 5.16 Å². The van der Waals surface area contributed by atoms with Crippen molar-refractivity contribution in [1.82, 2.24) is 14.0 Å². The molecule has 4 rings (SSSR count). The van der Waals surface area contributed by atoms with Crippen LogP contribution in [0.3, 0.4) is 0 Å². The van der Waals surface area contributed by atoms with Gasteiger partial charge in [-0.05, 0) is 44.9 Å². The zero-order valence-electron chi connectivity index (χ0n) is 17.9. The lowest BCUT2D eigenvalue weighted by molar-refractivity contribution is 0.0977. The van der Waals surface area contributed by atoms with Gasteiger partial charge < -0.3 is 14.0 Å². The molecule has 0 bridgehead atoms. The predicted octanol–water partition coefficient (Wildman–Crippen LogP) is 3.26. The van der Waals surface area contributed by atoms with Crippen molar-refractivity contribution in [2.75, 3.05) is 18.0 Å². The molecule has 8 nitrogen and oxygen atoms in total. The van der Waals surface area contributed by atoms with Crippen LogP contribution in [0.2, 0.25) is 0 Å². The quantitative estimate of drug-likeness (QED) is 0.585.